The Morgan fingerprint density at radius 1 is 1.70 bits per heavy atom. The summed E-state index contributed by atoms with van der Waals surface area (Å²) in [6.45, 7) is 0. The minimum atomic E-state index is 0.0841. The van der Waals surface area contributed by atoms with Gasteiger partial charge in [0.1, 0.15) is 0 Å². The van der Waals surface area contributed by atoms with Crippen molar-refractivity contribution in [1.29, 1.82) is 0 Å². The van der Waals surface area contributed by atoms with E-state index in [0.29, 0.717) is 18.2 Å². The molecule has 0 saturated carbocycles. The Balaban J connectivity index is 2.24. The molecule has 1 atom stereocenters. The summed E-state index contributed by atoms with van der Waals surface area (Å²) in [5, 5.41) is 0. The van der Waals surface area contributed by atoms with Crippen LogP contribution in [0.5, 0.6) is 0 Å². The zero-order valence-electron chi connectivity index (χ0n) is 5.41. The van der Waals surface area contributed by atoms with Gasteiger partial charge in [-0.1, -0.05) is 6.08 Å². The fourth-order valence-corrected chi connectivity index (χ4v) is 1.49. The molecular weight excluding hydrogens is 130 g/mol. The molecule has 0 spiro atoms. The van der Waals surface area contributed by atoms with Crippen molar-refractivity contribution in [2.75, 3.05) is 0 Å². The fraction of sp³-hybridized carbons (Fsp3) is 0.429. The van der Waals surface area contributed by atoms with Crippen molar-refractivity contribution >= 4 is 12.2 Å². The third-order valence-corrected chi connectivity index (χ3v) is 2.04. The van der Waals surface area contributed by atoms with E-state index in [1.807, 2.05) is 6.08 Å². The first-order valence-electron chi connectivity index (χ1n) is 3.30. The Bertz CT molecular complexity index is 232. The molecule has 0 radical (unpaired) electrons. The summed E-state index contributed by atoms with van der Waals surface area (Å²) in [4.78, 5) is 22.7. The van der Waals surface area contributed by atoms with Gasteiger partial charge in [0, 0.05) is 12.5 Å². The van der Waals surface area contributed by atoms with E-state index >= 15 is 0 Å². The third-order valence-electron chi connectivity index (χ3n) is 2.04. The second-order valence-corrected chi connectivity index (χ2v) is 2.60. The second kappa shape index (κ2) is 1.68. The molecule has 0 aromatic rings. The Hall–Kier alpha value is -1.12. The minimum absolute atomic E-state index is 0.0841. The maximum absolute atomic E-state index is 10.8. The number of rotatable bonds is 1. The maximum Gasteiger partial charge on any atom is 0.229 e. The number of carbonyl (C=O) groups excluding carboxylic acids is 2. The van der Waals surface area contributed by atoms with Gasteiger partial charge < -0.3 is 4.90 Å². The van der Waals surface area contributed by atoms with Gasteiger partial charge in [0.25, 0.3) is 0 Å². The van der Waals surface area contributed by atoms with Gasteiger partial charge in [0.2, 0.25) is 5.91 Å². The molecule has 52 valence electrons. The van der Waals surface area contributed by atoms with E-state index in [0.717, 1.165) is 12.7 Å². The first kappa shape index (κ1) is 5.65. The van der Waals surface area contributed by atoms with Crippen molar-refractivity contribution in [1.82, 2.24) is 4.90 Å². The number of aldehydes is 1. The Kier molecular flexibility index (Phi) is 0.952. The fourth-order valence-electron chi connectivity index (χ4n) is 1.49. The highest BCUT2D eigenvalue weighted by molar-refractivity contribution is 5.92. The number of amides is 1. The predicted octanol–water partition coefficient (Wildman–Crippen LogP) is 0.0738. The molecule has 0 unspecified atom stereocenters. The van der Waals surface area contributed by atoms with Crippen molar-refractivity contribution in [3.05, 3.63) is 11.8 Å². The van der Waals surface area contributed by atoms with Crippen LogP contribution >= 0.6 is 0 Å². The van der Waals surface area contributed by atoms with E-state index in [-0.39, 0.29) is 5.91 Å². The summed E-state index contributed by atoms with van der Waals surface area (Å²) in [6, 6.07) is 0.313. The lowest BCUT2D eigenvalue weighted by Crippen LogP contribution is -2.48. The number of nitrogens with zero attached hydrogens (tertiary/aromatic N) is 1. The quantitative estimate of drug-likeness (QED) is 0.379. The molecule has 0 aliphatic carbocycles. The van der Waals surface area contributed by atoms with Gasteiger partial charge in [0.05, 0.1) is 5.70 Å². The van der Waals surface area contributed by atoms with Crippen LogP contribution in [0.4, 0.5) is 0 Å². The average Bonchev–Trinajstić information content (AvgIpc) is 2.25. The zero-order valence-corrected chi connectivity index (χ0v) is 5.41. The van der Waals surface area contributed by atoms with Crippen molar-refractivity contribution < 1.29 is 9.59 Å². The molecule has 0 aromatic carbocycles. The first-order chi connectivity index (χ1) is 4.83. The molecule has 0 aromatic heterocycles. The van der Waals surface area contributed by atoms with Crippen molar-refractivity contribution in [2.45, 2.75) is 18.9 Å². The predicted molar refractivity (Wildman–Crippen MR) is 34.0 cm³/mol. The molecule has 10 heavy (non-hydrogen) atoms. The van der Waals surface area contributed by atoms with E-state index in [4.69, 9.17) is 0 Å². The summed E-state index contributed by atoms with van der Waals surface area (Å²) in [5.74, 6) is 0.0841. The number of carbonyl (C=O) groups is 2. The molecule has 2 aliphatic rings. The summed E-state index contributed by atoms with van der Waals surface area (Å²) in [6.07, 6.45) is 4.05. The Labute approximate surface area is 58.3 Å². The molecule has 2 aliphatic heterocycles. The molecule has 1 fully saturated rings. The largest absolute Gasteiger partial charge is 0.306 e. The van der Waals surface area contributed by atoms with Gasteiger partial charge in [-0.25, -0.2) is 0 Å². The van der Waals surface area contributed by atoms with Crippen LogP contribution in [0.3, 0.4) is 0 Å². The highest BCUT2D eigenvalue weighted by Gasteiger charge is 2.40. The molecule has 2 rings (SSSR count). The van der Waals surface area contributed by atoms with E-state index in [1.165, 1.54) is 0 Å². The SMILES string of the molecule is O=CC1=CC[C@@H]2CC(=O)N12. The van der Waals surface area contributed by atoms with Crippen LogP contribution < -0.4 is 0 Å². The van der Waals surface area contributed by atoms with Crippen molar-refractivity contribution in [3.8, 4) is 0 Å². The van der Waals surface area contributed by atoms with E-state index in [1.54, 1.807) is 4.90 Å². The van der Waals surface area contributed by atoms with Crippen LogP contribution in [0.25, 0.3) is 0 Å². The number of hydrogen-bond acceptors (Lipinski definition) is 2. The van der Waals surface area contributed by atoms with Gasteiger partial charge >= 0.3 is 0 Å². The second-order valence-electron chi connectivity index (χ2n) is 2.60. The molecular formula is C7H7NO2. The van der Waals surface area contributed by atoms with Gasteiger partial charge in [-0.3, -0.25) is 9.59 Å². The first-order valence-corrected chi connectivity index (χ1v) is 3.30. The van der Waals surface area contributed by atoms with Crippen molar-refractivity contribution in [2.24, 2.45) is 0 Å². The molecule has 1 saturated heterocycles. The molecule has 2 heterocycles. The highest BCUT2D eigenvalue weighted by Crippen LogP contribution is 2.32. The topological polar surface area (TPSA) is 37.4 Å². The molecule has 3 nitrogen and oxygen atoms in total. The van der Waals surface area contributed by atoms with Crippen LogP contribution in [0.15, 0.2) is 11.8 Å². The third kappa shape index (κ3) is 0.497. The lowest BCUT2D eigenvalue weighted by molar-refractivity contribution is -0.142. The maximum atomic E-state index is 10.8. The van der Waals surface area contributed by atoms with Gasteiger partial charge in [-0.15, -0.1) is 0 Å². The number of hydrogen-bond donors (Lipinski definition) is 0. The lowest BCUT2D eigenvalue weighted by Gasteiger charge is -2.35. The molecule has 1 amide bonds. The summed E-state index contributed by atoms with van der Waals surface area (Å²) in [7, 11) is 0. The normalized spacial score (nSPS) is 29.2. The number of allylic oxidation sites excluding steroid dienone is 1. The van der Waals surface area contributed by atoms with E-state index in [2.05, 4.69) is 0 Å². The van der Waals surface area contributed by atoms with Crippen LogP contribution in [0, 0.1) is 0 Å². The van der Waals surface area contributed by atoms with Crippen LogP contribution in [-0.4, -0.2) is 23.1 Å². The standard InChI is InChI=1S/C7H7NO2/c9-4-6-2-1-5-3-7(10)8(5)6/h2,4-5H,1,3H2/t5-/m1/s1. The molecule has 3 heteroatoms. The zero-order chi connectivity index (χ0) is 7.14. The smallest absolute Gasteiger partial charge is 0.229 e. The van der Waals surface area contributed by atoms with Crippen LogP contribution in [-0.2, 0) is 9.59 Å². The van der Waals surface area contributed by atoms with Crippen molar-refractivity contribution in [3.63, 3.8) is 0 Å². The number of fused-ring (bicyclic) bond motifs is 1. The van der Waals surface area contributed by atoms with Gasteiger partial charge in [-0.2, -0.15) is 0 Å². The molecule has 0 bridgehead atoms. The minimum Gasteiger partial charge on any atom is -0.306 e. The Morgan fingerprint density at radius 2 is 2.50 bits per heavy atom. The summed E-state index contributed by atoms with van der Waals surface area (Å²) >= 11 is 0. The van der Waals surface area contributed by atoms with Gasteiger partial charge in [-0.05, 0) is 6.42 Å². The van der Waals surface area contributed by atoms with Crippen LogP contribution in [0.2, 0.25) is 0 Å². The van der Waals surface area contributed by atoms with Crippen LogP contribution in [0.1, 0.15) is 12.8 Å². The highest BCUT2D eigenvalue weighted by atomic mass is 16.2. The lowest BCUT2D eigenvalue weighted by atomic mass is 10.0. The van der Waals surface area contributed by atoms with E-state index in [9.17, 15) is 9.59 Å². The van der Waals surface area contributed by atoms with E-state index < -0.39 is 0 Å². The van der Waals surface area contributed by atoms with Gasteiger partial charge in [0.15, 0.2) is 6.29 Å². The molecule has 0 N–H and O–H groups in total. The monoisotopic (exact) mass is 137 g/mol. The number of β-lactam (4-membered cyclic amide) rings is 1. The Morgan fingerprint density at radius 3 is 3.00 bits per heavy atom. The average molecular weight is 137 g/mol. The summed E-state index contributed by atoms with van der Waals surface area (Å²) < 4.78 is 0. The summed E-state index contributed by atoms with van der Waals surface area (Å²) in [5.41, 5.74) is 0.557.